The zero-order valence-electron chi connectivity index (χ0n) is 18.2. The van der Waals surface area contributed by atoms with E-state index in [0.29, 0.717) is 17.9 Å². The number of aryl methyl sites for hydroxylation is 1. The summed E-state index contributed by atoms with van der Waals surface area (Å²) in [6, 6.07) is 5.86. The van der Waals surface area contributed by atoms with Crippen LogP contribution in [0.15, 0.2) is 12.1 Å². The quantitative estimate of drug-likeness (QED) is 0.617. The molecular formula is C25H37NO. The number of benzene rings is 1. The number of carbonyl (C=O) groups is 1. The van der Waals surface area contributed by atoms with Crippen LogP contribution in [0.4, 0.5) is 0 Å². The van der Waals surface area contributed by atoms with Crippen LogP contribution in [0.25, 0.3) is 0 Å². The predicted octanol–water partition coefficient (Wildman–Crippen LogP) is 5.79. The molecule has 0 amide bonds. The lowest BCUT2D eigenvalue weighted by Crippen LogP contribution is -2.51. The normalized spacial score (nSPS) is 32.0. The van der Waals surface area contributed by atoms with Gasteiger partial charge >= 0.3 is 0 Å². The first-order valence-corrected chi connectivity index (χ1v) is 11.0. The predicted molar refractivity (Wildman–Crippen MR) is 113 cm³/mol. The van der Waals surface area contributed by atoms with Gasteiger partial charge in [0, 0.05) is 23.6 Å². The van der Waals surface area contributed by atoms with Crippen LogP contribution in [0.3, 0.4) is 0 Å². The molecule has 0 radical (unpaired) electrons. The molecule has 148 valence electrons. The van der Waals surface area contributed by atoms with E-state index in [2.05, 4.69) is 58.7 Å². The number of carbonyl (C=O) groups excluding carboxylic acids is 1. The Balaban J connectivity index is 1.69. The maximum absolute atomic E-state index is 13.6. The van der Waals surface area contributed by atoms with E-state index in [9.17, 15) is 4.79 Å². The molecule has 0 aromatic heterocycles. The van der Waals surface area contributed by atoms with Crippen LogP contribution in [-0.4, -0.2) is 29.8 Å². The minimum Gasteiger partial charge on any atom is -0.300 e. The van der Waals surface area contributed by atoms with Crippen molar-refractivity contribution >= 4 is 5.78 Å². The Morgan fingerprint density at radius 2 is 1.48 bits per heavy atom. The molecule has 1 aromatic rings. The summed E-state index contributed by atoms with van der Waals surface area (Å²) < 4.78 is 0. The molecule has 0 spiro atoms. The number of hydrogen-bond donors (Lipinski definition) is 0. The van der Waals surface area contributed by atoms with Gasteiger partial charge in [-0.05, 0) is 86.1 Å². The smallest absolute Gasteiger partial charge is 0.166 e. The molecule has 2 atom stereocenters. The minimum absolute atomic E-state index is 0.164. The Hall–Kier alpha value is -1.15. The first kappa shape index (κ1) is 19.2. The SMILES string of the molecule is Cc1cc2c(cc1C(=O)C1CC3CCCC(C1)N3C)C(C)(C)CCC2(C)C. The summed E-state index contributed by atoms with van der Waals surface area (Å²) in [5.74, 6) is 0.632. The second-order valence-electron chi connectivity index (χ2n) is 10.9. The van der Waals surface area contributed by atoms with Gasteiger partial charge < -0.3 is 4.90 Å². The molecule has 2 bridgehead atoms. The molecule has 2 unspecified atom stereocenters. The van der Waals surface area contributed by atoms with Crippen LogP contribution in [0.5, 0.6) is 0 Å². The molecule has 4 rings (SSSR count). The van der Waals surface area contributed by atoms with E-state index < -0.39 is 0 Å². The van der Waals surface area contributed by atoms with Crippen molar-refractivity contribution < 1.29 is 4.79 Å². The van der Waals surface area contributed by atoms with Gasteiger partial charge in [0.1, 0.15) is 0 Å². The molecule has 1 aliphatic carbocycles. The molecule has 1 aromatic carbocycles. The number of fused-ring (bicyclic) bond motifs is 3. The standard InChI is InChI=1S/C25H37NO/c1-16-12-21-22(25(4,5)11-10-24(21,2)3)15-20(16)23(27)17-13-18-8-7-9-19(14-17)26(18)6/h12,15,17-19H,7-11,13-14H2,1-6H3. The Bertz CT molecular complexity index is 746. The summed E-state index contributed by atoms with van der Waals surface area (Å²) in [5.41, 5.74) is 5.45. The number of Topliss-reactive ketones (excluding diaryl/α,β-unsaturated/α-hetero) is 1. The van der Waals surface area contributed by atoms with Crippen LogP contribution in [0, 0.1) is 12.8 Å². The van der Waals surface area contributed by atoms with E-state index in [1.807, 2.05) is 0 Å². The van der Waals surface area contributed by atoms with Gasteiger partial charge in [-0.3, -0.25) is 4.79 Å². The van der Waals surface area contributed by atoms with E-state index in [-0.39, 0.29) is 16.7 Å². The van der Waals surface area contributed by atoms with Crippen molar-refractivity contribution in [1.29, 1.82) is 0 Å². The monoisotopic (exact) mass is 367 g/mol. The maximum atomic E-state index is 13.6. The lowest BCUT2D eigenvalue weighted by molar-refractivity contribution is 0.0338. The average molecular weight is 368 g/mol. The highest BCUT2D eigenvalue weighted by atomic mass is 16.1. The summed E-state index contributed by atoms with van der Waals surface area (Å²) in [5, 5.41) is 0. The molecular weight excluding hydrogens is 330 g/mol. The second-order valence-corrected chi connectivity index (χ2v) is 10.9. The molecule has 2 fully saturated rings. The zero-order chi connectivity index (χ0) is 19.6. The van der Waals surface area contributed by atoms with Gasteiger partial charge in [0.05, 0.1) is 0 Å². The second kappa shape index (κ2) is 6.44. The van der Waals surface area contributed by atoms with Gasteiger partial charge in [-0.15, -0.1) is 0 Å². The van der Waals surface area contributed by atoms with Gasteiger partial charge in [-0.2, -0.15) is 0 Å². The maximum Gasteiger partial charge on any atom is 0.166 e. The van der Waals surface area contributed by atoms with Crippen molar-refractivity contribution in [1.82, 2.24) is 4.90 Å². The fourth-order valence-electron chi connectivity index (χ4n) is 6.04. The summed E-state index contributed by atoms with van der Waals surface area (Å²) in [4.78, 5) is 16.2. The third-order valence-electron chi connectivity index (χ3n) is 8.17. The fourth-order valence-corrected chi connectivity index (χ4v) is 6.04. The van der Waals surface area contributed by atoms with Crippen LogP contribution >= 0.6 is 0 Å². The Morgan fingerprint density at radius 1 is 0.963 bits per heavy atom. The molecule has 0 saturated carbocycles. The summed E-state index contributed by atoms with van der Waals surface area (Å²) >= 11 is 0. The number of nitrogens with zero attached hydrogens (tertiary/aromatic N) is 1. The van der Waals surface area contributed by atoms with Crippen LogP contribution < -0.4 is 0 Å². The van der Waals surface area contributed by atoms with Crippen LogP contribution in [0.2, 0.25) is 0 Å². The van der Waals surface area contributed by atoms with Crippen LogP contribution in [-0.2, 0) is 10.8 Å². The van der Waals surface area contributed by atoms with Gasteiger partial charge in [0.15, 0.2) is 5.78 Å². The fraction of sp³-hybridized carbons (Fsp3) is 0.720. The Labute approximate surface area is 165 Å². The van der Waals surface area contributed by atoms with E-state index in [0.717, 1.165) is 18.4 Å². The van der Waals surface area contributed by atoms with Crippen molar-refractivity contribution in [3.63, 3.8) is 0 Å². The van der Waals surface area contributed by atoms with Crippen molar-refractivity contribution in [2.24, 2.45) is 5.92 Å². The molecule has 27 heavy (non-hydrogen) atoms. The Morgan fingerprint density at radius 3 is 2.04 bits per heavy atom. The largest absolute Gasteiger partial charge is 0.300 e. The first-order chi connectivity index (χ1) is 12.6. The van der Waals surface area contributed by atoms with Crippen molar-refractivity contribution in [2.75, 3.05) is 7.05 Å². The summed E-state index contributed by atoms with van der Waals surface area (Å²) in [6.45, 7) is 11.6. The lowest BCUT2D eigenvalue weighted by Gasteiger charge is -2.47. The highest BCUT2D eigenvalue weighted by molar-refractivity contribution is 5.99. The lowest BCUT2D eigenvalue weighted by atomic mass is 9.62. The molecule has 3 aliphatic rings. The van der Waals surface area contributed by atoms with Crippen molar-refractivity contribution in [2.45, 2.75) is 102 Å². The average Bonchev–Trinajstić information content (AvgIpc) is 2.58. The first-order valence-electron chi connectivity index (χ1n) is 11.0. The van der Waals surface area contributed by atoms with Gasteiger partial charge in [0.25, 0.3) is 0 Å². The van der Waals surface area contributed by atoms with Gasteiger partial charge in [-0.25, -0.2) is 0 Å². The summed E-state index contributed by atoms with van der Waals surface area (Å²) in [6.07, 6.45) is 8.39. The topological polar surface area (TPSA) is 20.3 Å². The zero-order valence-corrected chi connectivity index (χ0v) is 18.2. The Kier molecular flexibility index (Phi) is 4.57. The van der Waals surface area contributed by atoms with E-state index in [1.54, 1.807) is 0 Å². The van der Waals surface area contributed by atoms with Gasteiger partial charge in [0.2, 0.25) is 0 Å². The highest BCUT2D eigenvalue weighted by Gasteiger charge is 2.41. The van der Waals surface area contributed by atoms with Crippen molar-refractivity contribution in [3.8, 4) is 0 Å². The number of hydrogen-bond acceptors (Lipinski definition) is 2. The molecule has 2 nitrogen and oxygen atoms in total. The molecule has 2 aliphatic heterocycles. The molecule has 2 heteroatoms. The number of piperidine rings is 2. The summed E-state index contributed by atoms with van der Waals surface area (Å²) in [7, 11) is 2.27. The van der Waals surface area contributed by atoms with E-state index >= 15 is 0 Å². The van der Waals surface area contributed by atoms with E-state index in [4.69, 9.17) is 0 Å². The van der Waals surface area contributed by atoms with E-state index in [1.165, 1.54) is 48.8 Å². The number of ketones is 1. The van der Waals surface area contributed by atoms with Crippen molar-refractivity contribution in [3.05, 3.63) is 34.4 Å². The molecule has 2 saturated heterocycles. The molecule has 0 N–H and O–H groups in total. The van der Waals surface area contributed by atoms with Gasteiger partial charge in [-0.1, -0.05) is 40.2 Å². The minimum atomic E-state index is 0.164. The number of rotatable bonds is 2. The third kappa shape index (κ3) is 3.18. The molecule has 2 heterocycles. The van der Waals surface area contributed by atoms with Crippen LogP contribution in [0.1, 0.15) is 99.7 Å². The highest BCUT2D eigenvalue weighted by Crippen LogP contribution is 2.47. The third-order valence-corrected chi connectivity index (χ3v) is 8.17.